The summed E-state index contributed by atoms with van der Waals surface area (Å²) in [4.78, 5) is 26.9. The highest BCUT2D eigenvalue weighted by Crippen LogP contribution is 2.29. The first-order chi connectivity index (χ1) is 18.5. The van der Waals surface area contributed by atoms with Gasteiger partial charge in [-0.1, -0.05) is 42.5 Å². The molecule has 0 aromatic heterocycles. The van der Waals surface area contributed by atoms with E-state index in [9.17, 15) is 9.59 Å². The molecular weight excluding hydrogens is 470 g/mol. The van der Waals surface area contributed by atoms with E-state index in [2.05, 4.69) is 22.4 Å². The number of carbonyl (C=O) groups is 2. The van der Waals surface area contributed by atoms with Crippen molar-refractivity contribution in [1.29, 1.82) is 5.26 Å². The Hall–Kier alpha value is -3.75. The quantitative estimate of drug-likeness (QED) is 0.390. The van der Waals surface area contributed by atoms with E-state index in [1.54, 1.807) is 6.92 Å². The van der Waals surface area contributed by atoms with Crippen LogP contribution < -0.4 is 5.32 Å². The van der Waals surface area contributed by atoms with E-state index in [0.29, 0.717) is 11.1 Å². The number of carbonyl (C=O) groups excluding carboxylic acids is 2. The average Bonchev–Trinajstić information content (AvgIpc) is 2.96. The van der Waals surface area contributed by atoms with Crippen LogP contribution in [0.5, 0.6) is 0 Å². The molecule has 1 aliphatic heterocycles. The van der Waals surface area contributed by atoms with E-state index in [-0.39, 0.29) is 17.7 Å². The second-order valence-electron chi connectivity index (χ2n) is 10.8. The number of nitriles is 1. The van der Waals surface area contributed by atoms with Crippen LogP contribution >= 0.6 is 0 Å². The minimum atomic E-state index is -0.00142. The topological polar surface area (TPSA) is 73.2 Å². The fourth-order valence-corrected chi connectivity index (χ4v) is 5.81. The molecule has 1 amide bonds. The van der Waals surface area contributed by atoms with Gasteiger partial charge < -0.3 is 5.32 Å². The number of hydrogen-bond acceptors (Lipinski definition) is 4. The Morgan fingerprint density at radius 3 is 2.18 bits per heavy atom. The van der Waals surface area contributed by atoms with E-state index < -0.39 is 0 Å². The van der Waals surface area contributed by atoms with Crippen LogP contribution in [0.15, 0.2) is 66.7 Å². The van der Waals surface area contributed by atoms with Crippen molar-refractivity contribution in [1.82, 2.24) is 10.2 Å². The standard InChI is InChI=1S/C33H35N3O2/c1-23(37)26-6-8-27(9-7-26)28-10-12-29(13-11-28)33(38)35-32-14-3-24(4-15-32)16-18-36-19-17-30-20-25(21-34)2-5-31(30)22-36/h2,5-13,20,24,32H,3-4,14-19,22H2,1H3,(H,35,38). The number of nitrogens with one attached hydrogen (secondary N) is 1. The maximum absolute atomic E-state index is 12.9. The summed E-state index contributed by atoms with van der Waals surface area (Å²) in [7, 11) is 0. The van der Waals surface area contributed by atoms with Gasteiger partial charge in [0.05, 0.1) is 11.6 Å². The van der Waals surface area contributed by atoms with E-state index in [1.165, 1.54) is 17.5 Å². The van der Waals surface area contributed by atoms with Crippen molar-refractivity contribution >= 4 is 11.7 Å². The van der Waals surface area contributed by atoms with Gasteiger partial charge in [0.2, 0.25) is 0 Å². The van der Waals surface area contributed by atoms with Crippen LogP contribution in [0.4, 0.5) is 0 Å². The zero-order chi connectivity index (χ0) is 26.5. The largest absolute Gasteiger partial charge is 0.349 e. The number of ketones is 1. The van der Waals surface area contributed by atoms with Gasteiger partial charge in [-0.15, -0.1) is 0 Å². The molecule has 1 aliphatic carbocycles. The highest BCUT2D eigenvalue weighted by Gasteiger charge is 2.24. The van der Waals surface area contributed by atoms with Crippen LogP contribution in [0, 0.1) is 17.2 Å². The van der Waals surface area contributed by atoms with Gasteiger partial charge in [-0.05, 0) is 104 Å². The highest BCUT2D eigenvalue weighted by atomic mass is 16.1. The van der Waals surface area contributed by atoms with Crippen molar-refractivity contribution in [3.05, 3.63) is 94.5 Å². The predicted molar refractivity (Wildman–Crippen MR) is 150 cm³/mol. The summed E-state index contributed by atoms with van der Waals surface area (Å²) in [5.41, 5.74) is 6.89. The molecule has 194 valence electrons. The summed E-state index contributed by atoms with van der Waals surface area (Å²) in [6.45, 7) is 4.73. The van der Waals surface area contributed by atoms with Crippen molar-refractivity contribution in [2.24, 2.45) is 5.92 Å². The van der Waals surface area contributed by atoms with Gasteiger partial charge >= 0.3 is 0 Å². The van der Waals surface area contributed by atoms with Crippen LogP contribution in [-0.2, 0) is 13.0 Å². The SMILES string of the molecule is CC(=O)c1ccc(-c2ccc(C(=O)NC3CCC(CCN4CCc5cc(C#N)ccc5C4)CC3)cc2)cc1. The molecule has 1 fully saturated rings. The molecule has 5 rings (SSSR count). The number of rotatable bonds is 7. The predicted octanol–water partition coefficient (Wildman–Crippen LogP) is 6.16. The molecule has 0 saturated heterocycles. The van der Waals surface area contributed by atoms with Crippen LogP contribution in [0.1, 0.15) is 76.4 Å². The number of nitrogens with zero attached hydrogens (tertiary/aromatic N) is 2. The lowest BCUT2D eigenvalue weighted by atomic mass is 9.83. The van der Waals surface area contributed by atoms with Crippen molar-refractivity contribution in [2.75, 3.05) is 13.1 Å². The van der Waals surface area contributed by atoms with Crippen LogP contribution in [-0.4, -0.2) is 35.7 Å². The Labute approximate surface area is 225 Å². The van der Waals surface area contributed by atoms with Gasteiger partial charge in [0.25, 0.3) is 5.91 Å². The third-order valence-electron chi connectivity index (χ3n) is 8.23. The van der Waals surface area contributed by atoms with E-state index in [0.717, 1.165) is 74.3 Å². The van der Waals surface area contributed by atoms with Gasteiger partial charge in [0, 0.05) is 30.3 Å². The lowest BCUT2D eigenvalue weighted by Gasteiger charge is -2.33. The Kier molecular flexibility index (Phi) is 8.00. The number of amides is 1. The molecular formula is C33H35N3O2. The smallest absolute Gasteiger partial charge is 0.251 e. The lowest BCUT2D eigenvalue weighted by molar-refractivity contribution is 0.0919. The molecule has 5 nitrogen and oxygen atoms in total. The number of hydrogen-bond donors (Lipinski definition) is 1. The molecule has 0 bridgehead atoms. The lowest BCUT2D eigenvalue weighted by Crippen LogP contribution is -2.38. The molecule has 0 unspecified atom stereocenters. The van der Waals surface area contributed by atoms with Crippen LogP contribution in [0.3, 0.4) is 0 Å². The fourth-order valence-electron chi connectivity index (χ4n) is 5.81. The fraction of sp³-hybridized carbons (Fsp3) is 0.364. The number of fused-ring (bicyclic) bond motifs is 1. The number of benzene rings is 3. The molecule has 0 atom stereocenters. The molecule has 0 spiro atoms. The molecule has 0 radical (unpaired) electrons. The molecule has 1 heterocycles. The summed E-state index contributed by atoms with van der Waals surface area (Å²) in [5, 5.41) is 12.4. The highest BCUT2D eigenvalue weighted by molar-refractivity contribution is 5.95. The third kappa shape index (κ3) is 6.20. The summed E-state index contributed by atoms with van der Waals surface area (Å²) in [6, 6.07) is 23.9. The van der Waals surface area contributed by atoms with Crippen molar-refractivity contribution in [2.45, 2.75) is 58.0 Å². The molecule has 5 heteroatoms. The molecule has 2 aliphatic rings. The zero-order valence-corrected chi connectivity index (χ0v) is 22.1. The molecule has 3 aromatic carbocycles. The van der Waals surface area contributed by atoms with Crippen LogP contribution in [0.25, 0.3) is 11.1 Å². The van der Waals surface area contributed by atoms with Crippen LogP contribution in [0.2, 0.25) is 0 Å². The first kappa shape index (κ1) is 25.9. The van der Waals surface area contributed by atoms with Gasteiger partial charge in [0.1, 0.15) is 0 Å². The second kappa shape index (κ2) is 11.8. The average molecular weight is 506 g/mol. The van der Waals surface area contributed by atoms with Gasteiger partial charge in [-0.3, -0.25) is 14.5 Å². The Bertz CT molecular complexity index is 1330. The third-order valence-corrected chi connectivity index (χ3v) is 8.23. The van der Waals surface area contributed by atoms with Crippen molar-refractivity contribution in [3.63, 3.8) is 0 Å². The Balaban J connectivity index is 1.05. The monoisotopic (exact) mass is 505 g/mol. The minimum Gasteiger partial charge on any atom is -0.349 e. The Morgan fingerprint density at radius 2 is 1.55 bits per heavy atom. The van der Waals surface area contributed by atoms with Gasteiger partial charge in [-0.25, -0.2) is 0 Å². The van der Waals surface area contributed by atoms with Gasteiger partial charge in [-0.2, -0.15) is 5.26 Å². The van der Waals surface area contributed by atoms with E-state index in [1.807, 2.05) is 60.7 Å². The minimum absolute atomic E-state index is 0.00142. The Morgan fingerprint density at radius 1 is 0.895 bits per heavy atom. The van der Waals surface area contributed by atoms with E-state index in [4.69, 9.17) is 5.26 Å². The summed E-state index contributed by atoms with van der Waals surface area (Å²) >= 11 is 0. The molecule has 38 heavy (non-hydrogen) atoms. The van der Waals surface area contributed by atoms with Crippen molar-refractivity contribution in [3.8, 4) is 17.2 Å². The molecule has 3 aromatic rings. The zero-order valence-electron chi connectivity index (χ0n) is 22.1. The van der Waals surface area contributed by atoms with E-state index >= 15 is 0 Å². The normalized spacial score (nSPS) is 19.3. The first-order valence-corrected chi connectivity index (χ1v) is 13.7. The second-order valence-corrected chi connectivity index (χ2v) is 10.8. The van der Waals surface area contributed by atoms with Gasteiger partial charge in [0.15, 0.2) is 5.78 Å². The number of Topliss-reactive ketones (excluding diaryl/α,β-unsaturated/α-hetero) is 1. The van der Waals surface area contributed by atoms with Crippen molar-refractivity contribution < 1.29 is 9.59 Å². The summed E-state index contributed by atoms with van der Waals surface area (Å²) in [6.07, 6.45) is 6.64. The maximum Gasteiger partial charge on any atom is 0.251 e. The molecule has 1 N–H and O–H groups in total. The summed E-state index contributed by atoms with van der Waals surface area (Å²) in [5.74, 6) is 0.778. The summed E-state index contributed by atoms with van der Waals surface area (Å²) < 4.78 is 0. The maximum atomic E-state index is 12.9. The first-order valence-electron chi connectivity index (χ1n) is 13.7. The molecule has 1 saturated carbocycles.